The van der Waals surface area contributed by atoms with Gasteiger partial charge in [-0.25, -0.2) is 0 Å². The van der Waals surface area contributed by atoms with Crippen LogP contribution in [0.3, 0.4) is 0 Å². The fourth-order valence-electron chi connectivity index (χ4n) is 0.883. The molecule has 0 saturated heterocycles. The topological polar surface area (TPSA) is 43.1 Å². The lowest BCUT2D eigenvalue weighted by Gasteiger charge is -2.02. The molecule has 0 aliphatic rings. The number of hydrogen-bond acceptors (Lipinski definition) is 3. The summed E-state index contributed by atoms with van der Waals surface area (Å²) in [6, 6.07) is -0.0655. The van der Waals surface area contributed by atoms with Gasteiger partial charge in [-0.1, -0.05) is 0 Å². The summed E-state index contributed by atoms with van der Waals surface area (Å²) in [5.41, 5.74) is 6.26. The SMILES string of the molecule is CC(N)CC(=O)c1cscc1Br. The number of carbonyl (C=O) groups excluding carboxylic acids is 1. The van der Waals surface area contributed by atoms with Crippen LogP contribution >= 0.6 is 27.3 Å². The van der Waals surface area contributed by atoms with Crippen molar-refractivity contribution in [1.82, 2.24) is 0 Å². The van der Waals surface area contributed by atoms with Crippen LogP contribution in [0.4, 0.5) is 0 Å². The van der Waals surface area contributed by atoms with Gasteiger partial charge in [0, 0.05) is 33.3 Å². The molecule has 0 saturated carbocycles. The summed E-state index contributed by atoms with van der Waals surface area (Å²) in [5.74, 6) is 0.109. The van der Waals surface area contributed by atoms with Crippen LogP contribution in [-0.4, -0.2) is 11.8 Å². The van der Waals surface area contributed by atoms with Gasteiger partial charge in [-0.2, -0.15) is 11.3 Å². The van der Waals surface area contributed by atoms with E-state index in [1.165, 1.54) is 11.3 Å². The molecule has 2 nitrogen and oxygen atoms in total. The van der Waals surface area contributed by atoms with Crippen molar-refractivity contribution < 1.29 is 4.79 Å². The minimum absolute atomic E-state index is 0.0655. The molecule has 0 aliphatic carbocycles. The third kappa shape index (κ3) is 2.40. The van der Waals surface area contributed by atoms with Crippen LogP contribution in [0.15, 0.2) is 15.2 Å². The normalized spacial score (nSPS) is 12.9. The predicted octanol–water partition coefficient (Wildman–Crippen LogP) is 2.43. The molecular formula is C8H10BrNOS. The van der Waals surface area contributed by atoms with Crippen molar-refractivity contribution >= 4 is 33.0 Å². The summed E-state index contributed by atoms with van der Waals surface area (Å²) in [7, 11) is 0. The number of nitrogens with two attached hydrogens (primary N) is 1. The molecule has 0 radical (unpaired) electrons. The van der Waals surface area contributed by atoms with Crippen molar-refractivity contribution in [3.05, 3.63) is 20.8 Å². The molecule has 1 aromatic rings. The van der Waals surface area contributed by atoms with Crippen molar-refractivity contribution in [3.8, 4) is 0 Å². The Labute approximate surface area is 83.9 Å². The summed E-state index contributed by atoms with van der Waals surface area (Å²) >= 11 is 4.82. The van der Waals surface area contributed by atoms with Crippen LogP contribution in [-0.2, 0) is 0 Å². The van der Waals surface area contributed by atoms with E-state index in [0.717, 1.165) is 10.0 Å². The monoisotopic (exact) mass is 247 g/mol. The zero-order chi connectivity index (χ0) is 9.14. The minimum Gasteiger partial charge on any atom is -0.328 e. The molecule has 0 fully saturated rings. The second-order valence-electron chi connectivity index (χ2n) is 2.74. The molecule has 0 aliphatic heterocycles. The van der Waals surface area contributed by atoms with E-state index < -0.39 is 0 Å². The van der Waals surface area contributed by atoms with Crippen LogP contribution in [0.25, 0.3) is 0 Å². The van der Waals surface area contributed by atoms with E-state index in [0.29, 0.717) is 6.42 Å². The Morgan fingerprint density at radius 3 is 2.83 bits per heavy atom. The Hall–Kier alpha value is -0.190. The summed E-state index contributed by atoms with van der Waals surface area (Å²) in [5, 5.41) is 3.74. The third-order valence-corrected chi connectivity index (χ3v) is 3.13. The molecule has 66 valence electrons. The number of Topliss-reactive ketones (excluding diaryl/α,β-unsaturated/α-hetero) is 1. The molecule has 4 heteroatoms. The van der Waals surface area contributed by atoms with Crippen LogP contribution in [0, 0.1) is 0 Å². The number of thiophene rings is 1. The molecule has 12 heavy (non-hydrogen) atoms. The first-order valence-corrected chi connectivity index (χ1v) is 5.35. The summed E-state index contributed by atoms with van der Waals surface area (Å²) in [6.45, 7) is 1.83. The van der Waals surface area contributed by atoms with E-state index in [2.05, 4.69) is 15.9 Å². The molecule has 0 amide bonds. The quantitative estimate of drug-likeness (QED) is 0.835. The maximum absolute atomic E-state index is 11.4. The average molecular weight is 248 g/mol. The molecule has 1 heterocycles. The first kappa shape index (κ1) is 9.89. The molecule has 0 aromatic carbocycles. The fourth-order valence-corrected chi connectivity index (χ4v) is 2.40. The number of rotatable bonds is 3. The van der Waals surface area contributed by atoms with Gasteiger partial charge in [0.25, 0.3) is 0 Å². The molecule has 1 aromatic heterocycles. The van der Waals surface area contributed by atoms with Gasteiger partial charge in [0.2, 0.25) is 0 Å². The van der Waals surface area contributed by atoms with Crippen molar-refractivity contribution in [2.45, 2.75) is 19.4 Å². The van der Waals surface area contributed by atoms with E-state index in [-0.39, 0.29) is 11.8 Å². The molecule has 1 rings (SSSR count). The Morgan fingerprint density at radius 1 is 1.75 bits per heavy atom. The van der Waals surface area contributed by atoms with Gasteiger partial charge in [-0.15, -0.1) is 0 Å². The van der Waals surface area contributed by atoms with Crippen molar-refractivity contribution in [3.63, 3.8) is 0 Å². The molecule has 0 spiro atoms. The summed E-state index contributed by atoms with van der Waals surface area (Å²) in [4.78, 5) is 11.4. The van der Waals surface area contributed by atoms with Crippen LogP contribution in [0.5, 0.6) is 0 Å². The lowest BCUT2D eigenvalue weighted by molar-refractivity contribution is 0.0976. The van der Waals surface area contributed by atoms with Crippen molar-refractivity contribution in [1.29, 1.82) is 0 Å². The summed E-state index contributed by atoms with van der Waals surface area (Å²) < 4.78 is 0.873. The third-order valence-electron chi connectivity index (χ3n) is 1.42. The lowest BCUT2D eigenvalue weighted by Crippen LogP contribution is -2.19. The van der Waals surface area contributed by atoms with E-state index in [4.69, 9.17) is 5.73 Å². The van der Waals surface area contributed by atoms with Gasteiger partial charge in [0.1, 0.15) is 0 Å². The fraction of sp³-hybridized carbons (Fsp3) is 0.375. The lowest BCUT2D eigenvalue weighted by atomic mass is 10.1. The number of hydrogen-bond donors (Lipinski definition) is 1. The standard InChI is InChI=1S/C8H10BrNOS/c1-5(10)2-8(11)6-3-12-4-7(6)9/h3-5H,2,10H2,1H3. The van der Waals surface area contributed by atoms with E-state index in [1.54, 1.807) is 0 Å². The number of ketones is 1. The van der Waals surface area contributed by atoms with Gasteiger partial charge in [0.05, 0.1) is 0 Å². The molecule has 2 N–H and O–H groups in total. The highest BCUT2D eigenvalue weighted by Crippen LogP contribution is 2.22. The first-order valence-electron chi connectivity index (χ1n) is 3.61. The van der Waals surface area contributed by atoms with E-state index in [1.807, 2.05) is 17.7 Å². The Kier molecular flexibility index (Phi) is 3.43. The van der Waals surface area contributed by atoms with Gasteiger partial charge in [-0.3, -0.25) is 4.79 Å². The molecular weight excluding hydrogens is 238 g/mol. The van der Waals surface area contributed by atoms with Crippen molar-refractivity contribution in [2.75, 3.05) is 0 Å². The number of halogens is 1. The Balaban J connectivity index is 2.72. The second-order valence-corrected chi connectivity index (χ2v) is 4.34. The van der Waals surface area contributed by atoms with Gasteiger partial charge in [0.15, 0.2) is 5.78 Å². The zero-order valence-corrected chi connectivity index (χ0v) is 9.11. The van der Waals surface area contributed by atoms with Gasteiger partial charge >= 0.3 is 0 Å². The van der Waals surface area contributed by atoms with Crippen LogP contribution in [0.2, 0.25) is 0 Å². The van der Waals surface area contributed by atoms with Gasteiger partial charge < -0.3 is 5.73 Å². The molecule has 1 atom stereocenters. The first-order chi connectivity index (χ1) is 5.61. The van der Waals surface area contributed by atoms with Crippen LogP contribution in [0.1, 0.15) is 23.7 Å². The highest BCUT2D eigenvalue weighted by atomic mass is 79.9. The highest BCUT2D eigenvalue weighted by Gasteiger charge is 2.11. The smallest absolute Gasteiger partial charge is 0.166 e. The molecule has 1 unspecified atom stereocenters. The van der Waals surface area contributed by atoms with E-state index >= 15 is 0 Å². The maximum Gasteiger partial charge on any atom is 0.166 e. The molecule has 0 bridgehead atoms. The Morgan fingerprint density at radius 2 is 2.42 bits per heavy atom. The Bertz CT molecular complexity index is 282. The van der Waals surface area contributed by atoms with Gasteiger partial charge in [-0.05, 0) is 22.9 Å². The minimum atomic E-state index is -0.0655. The maximum atomic E-state index is 11.4. The second kappa shape index (κ2) is 4.16. The predicted molar refractivity (Wildman–Crippen MR) is 54.6 cm³/mol. The van der Waals surface area contributed by atoms with Crippen molar-refractivity contribution in [2.24, 2.45) is 5.73 Å². The highest BCUT2D eigenvalue weighted by molar-refractivity contribution is 9.10. The van der Waals surface area contributed by atoms with Crippen LogP contribution < -0.4 is 5.73 Å². The largest absolute Gasteiger partial charge is 0.328 e. The van der Waals surface area contributed by atoms with E-state index in [9.17, 15) is 4.79 Å². The summed E-state index contributed by atoms with van der Waals surface area (Å²) in [6.07, 6.45) is 0.412. The number of carbonyl (C=O) groups is 1. The average Bonchev–Trinajstić information content (AvgIpc) is 2.33. The zero-order valence-electron chi connectivity index (χ0n) is 6.71.